The number of hydrogen-bond donors (Lipinski definition) is 0. The third-order valence-corrected chi connectivity index (χ3v) is 3.48. The third-order valence-electron chi connectivity index (χ3n) is 3.48. The predicted octanol–water partition coefficient (Wildman–Crippen LogP) is 2.38. The molecule has 1 saturated carbocycles. The number of ketones is 2. The summed E-state index contributed by atoms with van der Waals surface area (Å²) in [5.41, 5.74) is 0.934. The molecule has 1 unspecified atom stereocenters. The van der Waals surface area contributed by atoms with Crippen LogP contribution in [-0.2, 0) is 20.9 Å². The molecular formula is C15H14O4. The van der Waals surface area contributed by atoms with Gasteiger partial charge in [0, 0.05) is 24.8 Å². The van der Waals surface area contributed by atoms with Crippen molar-refractivity contribution < 1.29 is 19.1 Å². The van der Waals surface area contributed by atoms with Crippen LogP contribution in [0.15, 0.2) is 36.3 Å². The first-order valence-electron chi connectivity index (χ1n) is 6.36. The Balaban J connectivity index is 1.82. The summed E-state index contributed by atoms with van der Waals surface area (Å²) in [6.45, 7) is 0.361. The van der Waals surface area contributed by atoms with Crippen LogP contribution in [0.5, 0.6) is 5.75 Å². The smallest absolute Gasteiger partial charge is 0.144 e. The molecule has 3 rings (SSSR count). The maximum absolute atomic E-state index is 11.9. The van der Waals surface area contributed by atoms with Gasteiger partial charge in [0.1, 0.15) is 35.9 Å². The van der Waals surface area contributed by atoms with Gasteiger partial charge in [0.2, 0.25) is 0 Å². The van der Waals surface area contributed by atoms with Gasteiger partial charge in [-0.05, 0) is 6.07 Å². The summed E-state index contributed by atoms with van der Waals surface area (Å²) in [5, 5.41) is 0. The Morgan fingerprint density at radius 3 is 2.84 bits per heavy atom. The standard InChI is InChI=1S/C15H14O4/c16-11-5-6-13(17)12(7-11)15-9-19-14-4-2-1-3-10(14)8-18-15/h1-4,9,12H,5-8H2. The molecule has 4 heteroatoms. The monoisotopic (exact) mass is 258 g/mol. The molecule has 1 aromatic carbocycles. The second-order valence-electron chi connectivity index (χ2n) is 4.80. The second-order valence-corrected chi connectivity index (χ2v) is 4.80. The van der Waals surface area contributed by atoms with E-state index in [-0.39, 0.29) is 18.0 Å². The minimum atomic E-state index is -0.476. The predicted molar refractivity (Wildman–Crippen MR) is 67.3 cm³/mol. The van der Waals surface area contributed by atoms with Gasteiger partial charge in [-0.2, -0.15) is 0 Å². The van der Waals surface area contributed by atoms with Crippen molar-refractivity contribution in [2.75, 3.05) is 0 Å². The van der Waals surface area contributed by atoms with Crippen LogP contribution in [0, 0.1) is 5.92 Å². The van der Waals surface area contributed by atoms with Crippen molar-refractivity contribution in [3.8, 4) is 5.75 Å². The number of allylic oxidation sites excluding steroid dienone is 1. The van der Waals surface area contributed by atoms with E-state index < -0.39 is 5.92 Å². The molecule has 0 bridgehead atoms. The van der Waals surface area contributed by atoms with Crippen LogP contribution in [0.3, 0.4) is 0 Å². The number of benzene rings is 1. The molecule has 1 aliphatic carbocycles. The summed E-state index contributed by atoms with van der Waals surface area (Å²) in [5.74, 6) is 0.883. The van der Waals surface area contributed by atoms with Crippen LogP contribution in [0.25, 0.3) is 0 Å². The zero-order valence-corrected chi connectivity index (χ0v) is 10.4. The lowest BCUT2D eigenvalue weighted by Gasteiger charge is -2.21. The molecule has 1 fully saturated rings. The molecule has 0 aromatic heterocycles. The van der Waals surface area contributed by atoms with Crippen LogP contribution in [-0.4, -0.2) is 11.6 Å². The Morgan fingerprint density at radius 2 is 1.95 bits per heavy atom. The van der Waals surface area contributed by atoms with Gasteiger partial charge in [-0.15, -0.1) is 0 Å². The number of fused-ring (bicyclic) bond motifs is 1. The average Bonchev–Trinajstić information content (AvgIpc) is 2.64. The van der Waals surface area contributed by atoms with Gasteiger partial charge in [0.15, 0.2) is 0 Å². The van der Waals surface area contributed by atoms with Gasteiger partial charge in [0.25, 0.3) is 0 Å². The normalized spacial score (nSPS) is 22.7. The largest absolute Gasteiger partial charge is 0.489 e. The molecule has 0 spiro atoms. The molecule has 98 valence electrons. The topological polar surface area (TPSA) is 52.6 Å². The molecular weight excluding hydrogens is 244 g/mol. The SMILES string of the molecule is O=C1CCC(=O)C(C2=COc3ccccc3CO2)C1. The van der Waals surface area contributed by atoms with E-state index in [1.54, 1.807) is 0 Å². The van der Waals surface area contributed by atoms with Crippen LogP contribution in [0.1, 0.15) is 24.8 Å². The minimum Gasteiger partial charge on any atom is -0.489 e. The van der Waals surface area contributed by atoms with E-state index in [9.17, 15) is 9.59 Å². The minimum absolute atomic E-state index is 0.0559. The number of rotatable bonds is 1. The highest BCUT2D eigenvalue weighted by atomic mass is 16.5. The van der Waals surface area contributed by atoms with Gasteiger partial charge in [0.05, 0.1) is 5.92 Å². The van der Waals surface area contributed by atoms with Gasteiger partial charge >= 0.3 is 0 Å². The van der Waals surface area contributed by atoms with Crippen molar-refractivity contribution in [2.24, 2.45) is 5.92 Å². The quantitative estimate of drug-likeness (QED) is 0.776. The Morgan fingerprint density at radius 1 is 1.11 bits per heavy atom. The Kier molecular flexibility index (Phi) is 3.07. The van der Waals surface area contributed by atoms with E-state index in [1.807, 2.05) is 24.3 Å². The number of ether oxygens (including phenoxy) is 2. The first kappa shape index (κ1) is 12.0. The molecule has 1 aliphatic heterocycles. The number of carbonyl (C=O) groups excluding carboxylic acids is 2. The Hall–Kier alpha value is -2.10. The summed E-state index contributed by atoms with van der Waals surface area (Å²) in [6, 6.07) is 7.56. The van der Waals surface area contributed by atoms with Crippen LogP contribution >= 0.6 is 0 Å². The molecule has 1 atom stereocenters. The highest BCUT2D eigenvalue weighted by molar-refractivity contribution is 5.96. The number of carbonyl (C=O) groups is 2. The van der Waals surface area contributed by atoms with Crippen molar-refractivity contribution in [2.45, 2.75) is 25.9 Å². The van der Waals surface area contributed by atoms with Crippen LogP contribution < -0.4 is 4.74 Å². The highest BCUT2D eigenvalue weighted by Gasteiger charge is 2.32. The lowest BCUT2D eigenvalue weighted by atomic mass is 9.86. The fourth-order valence-corrected chi connectivity index (χ4v) is 2.38. The van der Waals surface area contributed by atoms with Crippen LogP contribution in [0.4, 0.5) is 0 Å². The number of para-hydroxylation sites is 1. The molecule has 1 heterocycles. The van der Waals surface area contributed by atoms with E-state index in [0.29, 0.717) is 25.2 Å². The molecule has 1 aromatic rings. The van der Waals surface area contributed by atoms with Gasteiger partial charge in [-0.1, -0.05) is 18.2 Å². The zero-order chi connectivity index (χ0) is 13.2. The van der Waals surface area contributed by atoms with Gasteiger partial charge in [-0.3, -0.25) is 9.59 Å². The molecule has 0 radical (unpaired) electrons. The first-order valence-corrected chi connectivity index (χ1v) is 6.36. The Bertz CT molecular complexity index is 559. The van der Waals surface area contributed by atoms with E-state index in [1.165, 1.54) is 6.26 Å². The summed E-state index contributed by atoms with van der Waals surface area (Å²) in [7, 11) is 0. The molecule has 0 saturated heterocycles. The summed E-state index contributed by atoms with van der Waals surface area (Å²) in [4.78, 5) is 23.4. The van der Waals surface area contributed by atoms with Crippen molar-refractivity contribution >= 4 is 11.6 Å². The fraction of sp³-hybridized carbons (Fsp3) is 0.333. The Labute approximate surface area is 111 Å². The molecule has 4 nitrogen and oxygen atoms in total. The van der Waals surface area contributed by atoms with Gasteiger partial charge in [-0.25, -0.2) is 0 Å². The molecule has 2 aliphatic rings. The average molecular weight is 258 g/mol. The maximum Gasteiger partial charge on any atom is 0.144 e. The molecule has 19 heavy (non-hydrogen) atoms. The lowest BCUT2D eigenvalue weighted by Crippen LogP contribution is -2.27. The van der Waals surface area contributed by atoms with E-state index >= 15 is 0 Å². The van der Waals surface area contributed by atoms with Crippen molar-refractivity contribution in [1.29, 1.82) is 0 Å². The lowest BCUT2D eigenvalue weighted by molar-refractivity contribution is -0.133. The summed E-state index contributed by atoms with van der Waals surface area (Å²) in [6.07, 6.45) is 2.35. The van der Waals surface area contributed by atoms with Crippen molar-refractivity contribution in [3.05, 3.63) is 41.9 Å². The van der Waals surface area contributed by atoms with E-state index in [0.717, 1.165) is 11.3 Å². The van der Waals surface area contributed by atoms with Crippen molar-refractivity contribution in [1.82, 2.24) is 0 Å². The van der Waals surface area contributed by atoms with E-state index in [2.05, 4.69) is 0 Å². The van der Waals surface area contributed by atoms with E-state index in [4.69, 9.17) is 9.47 Å². The third kappa shape index (κ3) is 2.38. The highest BCUT2D eigenvalue weighted by Crippen LogP contribution is 2.30. The fourth-order valence-electron chi connectivity index (χ4n) is 2.38. The summed E-state index contributed by atoms with van der Waals surface area (Å²) < 4.78 is 11.2. The van der Waals surface area contributed by atoms with Crippen molar-refractivity contribution in [3.63, 3.8) is 0 Å². The number of Topliss-reactive ketones (excluding diaryl/α,β-unsaturated/α-hetero) is 2. The molecule has 0 amide bonds. The summed E-state index contributed by atoms with van der Waals surface area (Å²) >= 11 is 0. The maximum atomic E-state index is 11.9. The van der Waals surface area contributed by atoms with Gasteiger partial charge < -0.3 is 9.47 Å². The second kappa shape index (κ2) is 4.88. The number of hydrogen-bond acceptors (Lipinski definition) is 4. The first-order chi connectivity index (χ1) is 9.24. The van der Waals surface area contributed by atoms with Crippen LogP contribution in [0.2, 0.25) is 0 Å². The zero-order valence-electron chi connectivity index (χ0n) is 10.4. The molecule has 0 N–H and O–H groups in total.